The van der Waals surface area contributed by atoms with E-state index in [0.29, 0.717) is 0 Å². The summed E-state index contributed by atoms with van der Waals surface area (Å²) in [5, 5.41) is 3.18. The van der Waals surface area contributed by atoms with E-state index in [1.54, 1.807) is 12.4 Å². The lowest BCUT2D eigenvalue weighted by atomic mass is 9.91. The highest BCUT2D eigenvalue weighted by Gasteiger charge is 2.22. The van der Waals surface area contributed by atoms with E-state index in [-0.39, 0.29) is 6.10 Å². The van der Waals surface area contributed by atoms with Gasteiger partial charge in [0.15, 0.2) is 0 Å². The molecule has 0 unspecified atom stereocenters. The van der Waals surface area contributed by atoms with Crippen LogP contribution in [0.25, 0.3) is 11.3 Å². The summed E-state index contributed by atoms with van der Waals surface area (Å²) in [4.78, 5) is 8.57. The first-order valence-electron chi connectivity index (χ1n) is 6.54. The van der Waals surface area contributed by atoms with Crippen molar-refractivity contribution in [3.8, 4) is 11.3 Å². The molecular weight excluding hydrogens is 238 g/mol. The topological polar surface area (TPSA) is 47.0 Å². The molecule has 2 aromatic rings. The van der Waals surface area contributed by atoms with Gasteiger partial charge in [-0.3, -0.25) is 9.97 Å². The molecule has 1 aliphatic heterocycles. The van der Waals surface area contributed by atoms with Crippen LogP contribution in [0.15, 0.2) is 36.8 Å². The number of nitrogens with one attached hydrogen (secondary N) is 1. The van der Waals surface area contributed by atoms with Gasteiger partial charge in [0.2, 0.25) is 0 Å². The fourth-order valence-electron chi connectivity index (χ4n) is 2.61. The first-order chi connectivity index (χ1) is 9.40. The lowest BCUT2D eigenvalue weighted by Gasteiger charge is -2.27. The summed E-state index contributed by atoms with van der Waals surface area (Å²) in [7, 11) is 1.95. The van der Waals surface area contributed by atoms with Crippen LogP contribution in [0, 0.1) is 0 Å². The largest absolute Gasteiger partial charge is 0.372 e. The van der Waals surface area contributed by atoms with Crippen molar-refractivity contribution in [2.24, 2.45) is 0 Å². The van der Waals surface area contributed by atoms with E-state index in [1.165, 1.54) is 16.7 Å². The molecule has 3 rings (SSSR count). The third-order valence-corrected chi connectivity index (χ3v) is 3.46. The number of nitrogens with zero attached hydrogens (tertiary/aromatic N) is 2. The predicted octanol–water partition coefficient (Wildman–Crippen LogP) is 1.98. The molecule has 2 heterocycles. The van der Waals surface area contributed by atoms with E-state index in [1.807, 2.05) is 13.2 Å². The highest BCUT2D eigenvalue weighted by Crippen LogP contribution is 2.33. The van der Waals surface area contributed by atoms with Crippen LogP contribution in [0.3, 0.4) is 0 Å². The van der Waals surface area contributed by atoms with Crippen molar-refractivity contribution >= 4 is 0 Å². The van der Waals surface area contributed by atoms with Crippen LogP contribution in [0.4, 0.5) is 0 Å². The average Bonchev–Trinajstić information content (AvgIpc) is 2.48. The molecule has 19 heavy (non-hydrogen) atoms. The van der Waals surface area contributed by atoms with E-state index in [4.69, 9.17) is 4.74 Å². The Bertz CT molecular complexity index is 557. The molecule has 0 fully saturated rings. The van der Waals surface area contributed by atoms with Gasteiger partial charge >= 0.3 is 0 Å². The molecular formula is C15H17N3O. The number of aromatic nitrogens is 2. The van der Waals surface area contributed by atoms with Crippen LogP contribution in [0.5, 0.6) is 0 Å². The standard InChI is InChI=1S/C15H17N3O/c1-16-10-15-13-4-2-3-12(11(13)5-8-19-15)14-9-17-6-7-18-14/h2-4,6-7,9,15-16H,5,8,10H2,1H3/t15-/m1/s1. The van der Waals surface area contributed by atoms with Crippen molar-refractivity contribution in [1.29, 1.82) is 0 Å². The summed E-state index contributed by atoms with van der Waals surface area (Å²) in [5.41, 5.74) is 4.72. The molecule has 0 bridgehead atoms. The Morgan fingerprint density at radius 2 is 2.32 bits per heavy atom. The summed E-state index contributed by atoms with van der Waals surface area (Å²) in [6.45, 7) is 1.59. The Balaban J connectivity index is 2.06. The SMILES string of the molecule is CNC[C@H]1OCCc2c(-c3cnccn3)cccc21. The van der Waals surface area contributed by atoms with Crippen molar-refractivity contribution in [3.05, 3.63) is 47.9 Å². The van der Waals surface area contributed by atoms with Gasteiger partial charge in [0.25, 0.3) is 0 Å². The van der Waals surface area contributed by atoms with Crippen LogP contribution >= 0.6 is 0 Å². The van der Waals surface area contributed by atoms with Gasteiger partial charge in [0.05, 0.1) is 24.6 Å². The summed E-state index contributed by atoms with van der Waals surface area (Å²) in [6, 6.07) is 6.33. The zero-order valence-corrected chi connectivity index (χ0v) is 11.0. The Labute approximate surface area is 112 Å². The molecule has 1 aliphatic rings. The Morgan fingerprint density at radius 1 is 1.37 bits per heavy atom. The van der Waals surface area contributed by atoms with Gasteiger partial charge in [-0.1, -0.05) is 18.2 Å². The van der Waals surface area contributed by atoms with Crippen molar-refractivity contribution in [1.82, 2.24) is 15.3 Å². The molecule has 4 heteroatoms. The second kappa shape index (κ2) is 5.47. The van der Waals surface area contributed by atoms with E-state index in [0.717, 1.165) is 25.3 Å². The van der Waals surface area contributed by atoms with Gasteiger partial charge in [-0.15, -0.1) is 0 Å². The summed E-state index contributed by atoms with van der Waals surface area (Å²) < 4.78 is 5.84. The number of benzene rings is 1. The maximum absolute atomic E-state index is 5.84. The van der Waals surface area contributed by atoms with E-state index in [2.05, 4.69) is 33.5 Å². The second-order valence-corrected chi connectivity index (χ2v) is 4.63. The molecule has 1 atom stereocenters. The molecule has 0 aliphatic carbocycles. The summed E-state index contributed by atoms with van der Waals surface area (Å²) >= 11 is 0. The quantitative estimate of drug-likeness (QED) is 0.911. The van der Waals surface area contributed by atoms with Crippen LogP contribution in [-0.4, -0.2) is 30.2 Å². The summed E-state index contributed by atoms with van der Waals surface area (Å²) in [6.07, 6.45) is 6.32. The van der Waals surface area contributed by atoms with Crippen molar-refractivity contribution in [3.63, 3.8) is 0 Å². The first-order valence-corrected chi connectivity index (χ1v) is 6.54. The molecule has 0 saturated heterocycles. The Hall–Kier alpha value is -1.78. The van der Waals surface area contributed by atoms with Crippen molar-refractivity contribution in [2.75, 3.05) is 20.2 Å². The highest BCUT2D eigenvalue weighted by atomic mass is 16.5. The van der Waals surface area contributed by atoms with Gasteiger partial charge in [0.1, 0.15) is 0 Å². The second-order valence-electron chi connectivity index (χ2n) is 4.63. The van der Waals surface area contributed by atoms with Gasteiger partial charge in [-0.25, -0.2) is 0 Å². The molecule has 98 valence electrons. The highest BCUT2D eigenvalue weighted by molar-refractivity contribution is 5.65. The van der Waals surface area contributed by atoms with Crippen LogP contribution in [0.1, 0.15) is 17.2 Å². The number of ether oxygens (including phenoxy) is 1. The number of likely N-dealkylation sites (N-methyl/N-ethyl adjacent to an activating group) is 1. The zero-order valence-electron chi connectivity index (χ0n) is 11.0. The minimum atomic E-state index is 0.130. The maximum atomic E-state index is 5.84. The minimum Gasteiger partial charge on any atom is -0.372 e. The van der Waals surface area contributed by atoms with E-state index < -0.39 is 0 Å². The van der Waals surface area contributed by atoms with E-state index >= 15 is 0 Å². The fraction of sp³-hybridized carbons (Fsp3) is 0.333. The number of rotatable bonds is 3. The molecule has 0 spiro atoms. The molecule has 0 saturated carbocycles. The molecule has 0 radical (unpaired) electrons. The zero-order chi connectivity index (χ0) is 13.1. The van der Waals surface area contributed by atoms with Crippen LogP contribution in [0.2, 0.25) is 0 Å². The average molecular weight is 255 g/mol. The molecule has 0 amide bonds. The third-order valence-electron chi connectivity index (χ3n) is 3.46. The van der Waals surface area contributed by atoms with Crippen LogP contribution < -0.4 is 5.32 Å². The monoisotopic (exact) mass is 255 g/mol. The van der Waals surface area contributed by atoms with Crippen molar-refractivity contribution in [2.45, 2.75) is 12.5 Å². The molecule has 1 aromatic carbocycles. The number of hydrogen-bond donors (Lipinski definition) is 1. The van der Waals surface area contributed by atoms with Crippen LogP contribution in [-0.2, 0) is 11.2 Å². The molecule has 4 nitrogen and oxygen atoms in total. The minimum absolute atomic E-state index is 0.130. The smallest absolute Gasteiger partial charge is 0.0952 e. The van der Waals surface area contributed by atoms with Gasteiger partial charge in [-0.2, -0.15) is 0 Å². The maximum Gasteiger partial charge on any atom is 0.0952 e. The lowest BCUT2D eigenvalue weighted by molar-refractivity contribution is 0.0440. The lowest BCUT2D eigenvalue weighted by Crippen LogP contribution is -2.25. The van der Waals surface area contributed by atoms with Gasteiger partial charge in [0, 0.05) is 24.5 Å². The normalized spacial score (nSPS) is 18.1. The molecule has 1 N–H and O–H groups in total. The molecule has 1 aromatic heterocycles. The Morgan fingerprint density at radius 3 is 3.11 bits per heavy atom. The number of fused-ring (bicyclic) bond motifs is 1. The fourth-order valence-corrected chi connectivity index (χ4v) is 2.61. The van der Waals surface area contributed by atoms with E-state index in [9.17, 15) is 0 Å². The third kappa shape index (κ3) is 2.37. The van der Waals surface area contributed by atoms with Gasteiger partial charge in [-0.05, 0) is 24.6 Å². The summed E-state index contributed by atoms with van der Waals surface area (Å²) in [5.74, 6) is 0. The predicted molar refractivity (Wildman–Crippen MR) is 73.8 cm³/mol. The van der Waals surface area contributed by atoms with Gasteiger partial charge < -0.3 is 10.1 Å². The first kappa shape index (κ1) is 12.3. The Kier molecular flexibility index (Phi) is 3.53. The number of hydrogen-bond acceptors (Lipinski definition) is 4. The van der Waals surface area contributed by atoms with Crippen molar-refractivity contribution < 1.29 is 4.74 Å².